The van der Waals surface area contributed by atoms with Gasteiger partial charge in [0, 0.05) is 12.3 Å². The summed E-state index contributed by atoms with van der Waals surface area (Å²) >= 11 is 3.96. The number of carboxylic acid groups (broad SMARTS) is 1. The Morgan fingerprint density at radius 3 is 2.34 bits per heavy atom. The maximum Gasteiger partial charge on any atom is 0.327 e. The van der Waals surface area contributed by atoms with Crippen molar-refractivity contribution >= 4 is 36.3 Å². The third kappa shape index (κ3) is 6.33. The van der Waals surface area contributed by atoms with Gasteiger partial charge in [-0.2, -0.15) is 12.6 Å². The summed E-state index contributed by atoms with van der Waals surface area (Å²) in [5, 5.41) is 17.6. The summed E-state index contributed by atoms with van der Waals surface area (Å²) in [4.78, 5) is 51.0. The summed E-state index contributed by atoms with van der Waals surface area (Å²) in [5.41, 5.74) is 0. The van der Waals surface area contributed by atoms with Gasteiger partial charge in [-0.25, -0.2) is 4.79 Å². The van der Waals surface area contributed by atoms with Crippen LogP contribution in [0.2, 0.25) is 0 Å². The number of likely N-dealkylation sites (tertiary alicyclic amines) is 1. The Morgan fingerprint density at radius 2 is 1.79 bits per heavy atom. The fourth-order valence-corrected chi connectivity index (χ4v) is 4.08. The van der Waals surface area contributed by atoms with E-state index in [0.29, 0.717) is 25.8 Å². The predicted octanol–water partition coefficient (Wildman–Crippen LogP) is -0.240. The highest BCUT2D eigenvalue weighted by atomic mass is 32.1. The van der Waals surface area contributed by atoms with Crippen molar-refractivity contribution in [2.45, 2.75) is 70.1 Å². The minimum absolute atomic E-state index is 0.0395. The molecule has 2 fully saturated rings. The monoisotopic (exact) mass is 428 g/mol. The highest BCUT2D eigenvalue weighted by Crippen LogP contribution is 2.21. The Bertz CT molecular complexity index is 624. The summed E-state index contributed by atoms with van der Waals surface area (Å²) in [7, 11) is 0. The van der Waals surface area contributed by atoms with Gasteiger partial charge in [0.1, 0.15) is 18.1 Å². The second-order valence-electron chi connectivity index (χ2n) is 8.11. The molecule has 3 amide bonds. The molecule has 0 spiro atoms. The summed E-state index contributed by atoms with van der Waals surface area (Å²) < 4.78 is 0. The molecule has 4 atom stereocenters. The van der Waals surface area contributed by atoms with Crippen LogP contribution in [0.1, 0.15) is 46.0 Å². The number of hydrogen-bond donors (Lipinski definition) is 5. The largest absolute Gasteiger partial charge is 0.480 e. The Morgan fingerprint density at radius 1 is 1.10 bits per heavy atom. The molecule has 2 aliphatic rings. The minimum Gasteiger partial charge on any atom is -0.480 e. The fraction of sp³-hybridized carbons (Fsp3) is 0.789. The van der Waals surface area contributed by atoms with Crippen molar-refractivity contribution in [1.29, 1.82) is 0 Å². The van der Waals surface area contributed by atoms with Gasteiger partial charge in [0.25, 0.3) is 0 Å². The Labute approximate surface area is 176 Å². The Balaban J connectivity index is 2.08. The lowest BCUT2D eigenvalue weighted by atomic mass is 10.0. The maximum atomic E-state index is 13.2. The summed E-state index contributed by atoms with van der Waals surface area (Å²) in [6.45, 7) is 5.13. The first-order chi connectivity index (χ1) is 13.7. The summed E-state index contributed by atoms with van der Waals surface area (Å²) in [6, 6.07) is -2.84. The van der Waals surface area contributed by atoms with Gasteiger partial charge in [-0.1, -0.05) is 13.8 Å². The van der Waals surface area contributed by atoms with Gasteiger partial charge in [0.2, 0.25) is 17.7 Å². The molecule has 0 aromatic rings. The van der Waals surface area contributed by atoms with Gasteiger partial charge >= 0.3 is 5.97 Å². The molecule has 2 aliphatic heterocycles. The van der Waals surface area contributed by atoms with E-state index in [1.807, 2.05) is 13.8 Å². The van der Waals surface area contributed by atoms with Crippen molar-refractivity contribution in [1.82, 2.24) is 20.9 Å². The topological polar surface area (TPSA) is 128 Å². The Hall–Kier alpha value is -1.81. The third-order valence-corrected chi connectivity index (χ3v) is 5.70. The van der Waals surface area contributed by atoms with Crippen LogP contribution in [0, 0.1) is 5.92 Å². The average molecular weight is 429 g/mol. The smallest absolute Gasteiger partial charge is 0.327 e. The van der Waals surface area contributed by atoms with E-state index < -0.39 is 30.0 Å². The van der Waals surface area contributed by atoms with E-state index in [9.17, 15) is 19.2 Å². The van der Waals surface area contributed by atoms with Gasteiger partial charge < -0.3 is 26.0 Å². The van der Waals surface area contributed by atoms with Crippen LogP contribution in [0.4, 0.5) is 0 Å². The Kier molecular flexibility index (Phi) is 8.76. The standard InChI is InChI=1S/C19H32N4O5S/c1-11(2)9-13(21-16(24)12-5-3-7-20-12)18(26)23-8-4-6-15(23)17(25)22-14(10-29)19(27)28/h11-15,20,29H,3-10H2,1-2H3,(H,21,24)(H,22,25)(H,27,28). The van der Waals surface area contributed by atoms with Crippen molar-refractivity contribution in [2.24, 2.45) is 5.92 Å². The second-order valence-corrected chi connectivity index (χ2v) is 8.48. The molecular formula is C19H32N4O5S. The lowest BCUT2D eigenvalue weighted by Crippen LogP contribution is -2.57. The van der Waals surface area contributed by atoms with Gasteiger partial charge in [-0.05, 0) is 44.6 Å². The predicted molar refractivity (Wildman–Crippen MR) is 111 cm³/mol. The molecule has 0 aromatic carbocycles. The highest BCUT2D eigenvalue weighted by molar-refractivity contribution is 7.80. The number of carbonyl (C=O) groups excluding carboxylic acids is 3. The van der Waals surface area contributed by atoms with Gasteiger partial charge in [-0.15, -0.1) is 0 Å². The van der Waals surface area contributed by atoms with E-state index in [0.717, 1.165) is 19.4 Å². The molecule has 0 aromatic heterocycles. The lowest BCUT2D eigenvalue weighted by molar-refractivity contribution is -0.144. The summed E-state index contributed by atoms with van der Waals surface area (Å²) in [5.74, 6) is -2.01. The number of thiol groups is 1. The van der Waals surface area contributed by atoms with E-state index in [2.05, 4.69) is 28.6 Å². The second kappa shape index (κ2) is 10.8. The quantitative estimate of drug-likeness (QED) is 0.323. The normalized spacial score (nSPS) is 23.7. The van der Waals surface area contributed by atoms with Gasteiger partial charge in [0.15, 0.2) is 0 Å². The van der Waals surface area contributed by atoms with E-state index in [1.54, 1.807) is 0 Å². The highest BCUT2D eigenvalue weighted by Gasteiger charge is 2.39. The van der Waals surface area contributed by atoms with E-state index in [4.69, 9.17) is 5.11 Å². The molecule has 0 saturated carbocycles. The van der Waals surface area contributed by atoms with Gasteiger partial charge in [0.05, 0.1) is 6.04 Å². The molecule has 2 saturated heterocycles. The molecule has 164 valence electrons. The molecule has 4 N–H and O–H groups in total. The number of amides is 3. The van der Waals surface area contributed by atoms with Crippen molar-refractivity contribution in [2.75, 3.05) is 18.8 Å². The molecule has 10 heteroatoms. The minimum atomic E-state index is -1.17. The van der Waals surface area contributed by atoms with Crippen LogP contribution in [-0.2, 0) is 19.2 Å². The SMILES string of the molecule is CC(C)CC(NC(=O)C1CCCN1)C(=O)N1CCCC1C(=O)NC(CS)C(=O)O. The van der Waals surface area contributed by atoms with Crippen LogP contribution in [0.5, 0.6) is 0 Å². The first-order valence-corrected chi connectivity index (χ1v) is 10.9. The molecule has 0 aliphatic carbocycles. The zero-order valence-electron chi connectivity index (χ0n) is 17.0. The molecule has 0 radical (unpaired) electrons. The van der Waals surface area contributed by atoms with Gasteiger partial charge in [-0.3, -0.25) is 14.4 Å². The van der Waals surface area contributed by atoms with Crippen LogP contribution in [0.15, 0.2) is 0 Å². The molecule has 0 bridgehead atoms. The van der Waals surface area contributed by atoms with Crippen LogP contribution >= 0.6 is 12.6 Å². The molecule has 4 unspecified atom stereocenters. The van der Waals surface area contributed by atoms with E-state index in [1.165, 1.54) is 4.90 Å². The van der Waals surface area contributed by atoms with Crippen LogP contribution in [-0.4, -0.2) is 76.7 Å². The molecule has 2 heterocycles. The molecular weight excluding hydrogens is 396 g/mol. The number of rotatable bonds is 9. The van der Waals surface area contributed by atoms with Crippen molar-refractivity contribution in [3.05, 3.63) is 0 Å². The zero-order chi connectivity index (χ0) is 21.6. The van der Waals surface area contributed by atoms with E-state index in [-0.39, 0.29) is 29.5 Å². The lowest BCUT2D eigenvalue weighted by Gasteiger charge is -2.30. The third-order valence-electron chi connectivity index (χ3n) is 5.33. The fourth-order valence-electron chi connectivity index (χ4n) is 3.83. The first kappa shape index (κ1) is 23.5. The number of nitrogens with one attached hydrogen (secondary N) is 3. The molecule has 2 rings (SSSR count). The van der Waals surface area contributed by atoms with Crippen molar-refractivity contribution < 1.29 is 24.3 Å². The van der Waals surface area contributed by atoms with Crippen LogP contribution < -0.4 is 16.0 Å². The van der Waals surface area contributed by atoms with Crippen molar-refractivity contribution in [3.63, 3.8) is 0 Å². The number of carbonyl (C=O) groups is 4. The molecule has 9 nitrogen and oxygen atoms in total. The zero-order valence-corrected chi connectivity index (χ0v) is 17.9. The average Bonchev–Trinajstić information content (AvgIpc) is 3.35. The number of aliphatic carboxylic acids is 1. The first-order valence-electron chi connectivity index (χ1n) is 10.2. The van der Waals surface area contributed by atoms with E-state index >= 15 is 0 Å². The number of hydrogen-bond acceptors (Lipinski definition) is 6. The van der Waals surface area contributed by atoms with Crippen molar-refractivity contribution in [3.8, 4) is 0 Å². The molecule has 29 heavy (non-hydrogen) atoms. The number of nitrogens with zero attached hydrogens (tertiary/aromatic N) is 1. The maximum absolute atomic E-state index is 13.2. The number of carboxylic acids is 1. The van der Waals surface area contributed by atoms with Crippen LogP contribution in [0.3, 0.4) is 0 Å². The van der Waals surface area contributed by atoms with Crippen LogP contribution in [0.25, 0.3) is 0 Å². The summed E-state index contributed by atoms with van der Waals surface area (Å²) in [6.07, 6.45) is 3.24.